The second-order valence-electron chi connectivity index (χ2n) is 6.47. The third-order valence-electron chi connectivity index (χ3n) is 4.24. The first-order valence-corrected chi connectivity index (χ1v) is 9.27. The van der Waals surface area contributed by atoms with E-state index >= 15 is 0 Å². The van der Waals surface area contributed by atoms with Crippen molar-refractivity contribution >= 4 is 15.9 Å². The molecule has 1 aromatic rings. The summed E-state index contributed by atoms with van der Waals surface area (Å²) in [6, 6.07) is 7.83. The van der Waals surface area contributed by atoms with Crippen molar-refractivity contribution in [2.75, 3.05) is 19.7 Å². The number of rotatable bonds is 6. The number of nitrogens with zero attached hydrogens (tertiary/aromatic N) is 1. The quantitative estimate of drug-likeness (QED) is 0.469. The zero-order valence-electron chi connectivity index (χ0n) is 14.2. The fourth-order valence-electron chi connectivity index (χ4n) is 2.65. The van der Waals surface area contributed by atoms with Crippen molar-refractivity contribution in [3.63, 3.8) is 0 Å². The third-order valence-corrected chi connectivity index (χ3v) is 5.39. The maximum atomic E-state index is 12.3. The van der Waals surface area contributed by atoms with Crippen LogP contribution in [0.5, 0.6) is 0 Å². The van der Waals surface area contributed by atoms with Gasteiger partial charge in [-0.15, -0.1) is 0 Å². The van der Waals surface area contributed by atoms with Crippen molar-refractivity contribution in [3.8, 4) is 0 Å². The van der Waals surface area contributed by atoms with Gasteiger partial charge < -0.3 is 9.84 Å². The summed E-state index contributed by atoms with van der Waals surface area (Å²) in [6.07, 6.45) is -2.70. The number of ether oxygens (including phenoxy) is 1. The molecule has 0 saturated carbocycles. The van der Waals surface area contributed by atoms with E-state index in [1.807, 2.05) is 0 Å². The molecule has 3 atom stereocenters. The zero-order valence-corrected chi connectivity index (χ0v) is 15.0. The molecule has 0 aromatic heterocycles. The third kappa shape index (κ3) is 4.76. The number of halogens is 3. The molecule has 0 bridgehead atoms. The fourth-order valence-corrected chi connectivity index (χ4v) is 3.20. The molecule has 12 heteroatoms. The minimum absolute atomic E-state index is 0.200. The lowest BCUT2D eigenvalue weighted by Gasteiger charge is -2.31. The van der Waals surface area contributed by atoms with Gasteiger partial charge in [-0.25, -0.2) is 18.2 Å². The van der Waals surface area contributed by atoms with E-state index in [4.69, 9.17) is 4.74 Å². The molecule has 8 nitrogen and oxygen atoms in total. The number of benzene rings is 1. The van der Waals surface area contributed by atoms with Gasteiger partial charge in [-0.3, -0.25) is 10.0 Å². The standard InChI is InChI=1S/C15H19F3N2O6S/c1-14(8-20(23)13(22)10-5-3-2-4-6-10)9-26-11(12(14)21)7-19-27(24,25)15(16,17)18/h2-6,11-12,19,21,23H,7-9H2,1H3/t11-,12-,14-/m1/s1. The minimum Gasteiger partial charge on any atom is -0.390 e. The molecule has 1 fully saturated rings. The van der Waals surface area contributed by atoms with Crippen molar-refractivity contribution in [2.45, 2.75) is 24.6 Å². The highest BCUT2D eigenvalue weighted by Gasteiger charge is 2.50. The van der Waals surface area contributed by atoms with E-state index < -0.39 is 45.6 Å². The Hall–Kier alpha value is -1.73. The number of hydroxylamine groups is 2. The van der Waals surface area contributed by atoms with Crippen molar-refractivity contribution in [3.05, 3.63) is 35.9 Å². The van der Waals surface area contributed by atoms with Crippen LogP contribution in [0.4, 0.5) is 13.2 Å². The lowest BCUT2D eigenvalue weighted by molar-refractivity contribution is -0.0940. The largest absolute Gasteiger partial charge is 0.511 e. The number of carbonyl (C=O) groups excluding carboxylic acids is 1. The first kappa shape index (κ1) is 21.6. The maximum Gasteiger partial charge on any atom is 0.511 e. The van der Waals surface area contributed by atoms with Gasteiger partial charge in [0.25, 0.3) is 5.91 Å². The number of amides is 1. The van der Waals surface area contributed by atoms with Crippen LogP contribution in [0.15, 0.2) is 30.3 Å². The molecule has 1 heterocycles. The van der Waals surface area contributed by atoms with Crippen LogP contribution in [-0.4, -0.2) is 67.1 Å². The van der Waals surface area contributed by atoms with Crippen LogP contribution >= 0.6 is 0 Å². The number of hydrogen-bond donors (Lipinski definition) is 3. The van der Waals surface area contributed by atoms with Crippen molar-refractivity contribution in [1.82, 2.24) is 9.79 Å². The van der Waals surface area contributed by atoms with E-state index in [-0.39, 0.29) is 18.7 Å². The number of nitrogens with one attached hydrogen (secondary N) is 1. The molecular formula is C15H19F3N2O6S. The summed E-state index contributed by atoms with van der Waals surface area (Å²) in [5, 5.41) is 20.7. The number of aliphatic hydroxyl groups is 1. The van der Waals surface area contributed by atoms with Gasteiger partial charge in [0, 0.05) is 17.5 Å². The predicted molar refractivity (Wildman–Crippen MR) is 86.1 cm³/mol. The fraction of sp³-hybridized carbons (Fsp3) is 0.533. The number of aliphatic hydroxyl groups excluding tert-OH is 1. The molecule has 1 amide bonds. The smallest absolute Gasteiger partial charge is 0.390 e. The van der Waals surface area contributed by atoms with Crippen LogP contribution < -0.4 is 4.72 Å². The Morgan fingerprint density at radius 2 is 1.96 bits per heavy atom. The molecule has 3 N–H and O–H groups in total. The number of alkyl halides is 3. The molecule has 0 unspecified atom stereocenters. The Morgan fingerprint density at radius 1 is 1.37 bits per heavy atom. The Bertz CT molecular complexity index is 774. The highest BCUT2D eigenvalue weighted by atomic mass is 32.2. The highest BCUT2D eigenvalue weighted by Crippen LogP contribution is 2.34. The van der Waals surface area contributed by atoms with Crippen LogP contribution in [0.1, 0.15) is 17.3 Å². The molecule has 2 rings (SSSR count). The molecule has 1 aliphatic heterocycles. The highest BCUT2D eigenvalue weighted by molar-refractivity contribution is 7.90. The summed E-state index contributed by atoms with van der Waals surface area (Å²) < 4.78 is 65.6. The Balaban J connectivity index is 2.00. The molecular weight excluding hydrogens is 393 g/mol. The summed E-state index contributed by atoms with van der Waals surface area (Å²) in [7, 11) is -5.57. The molecule has 152 valence electrons. The van der Waals surface area contributed by atoms with E-state index in [0.29, 0.717) is 5.06 Å². The van der Waals surface area contributed by atoms with Crippen LogP contribution in [0, 0.1) is 5.41 Å². The molecule has 0 spiro atoms. The second-order valence-corrected chi connectivity index (χ2v) is 8.23. The van der Waals surface area contributed by atoms with Crippen molar-refractivity contribution in [2.24, 2.45) is 5.41 Å². The van der Waals surface area contributed by atoms with E-state index in [1.165, 1.54) is 23.8 Å². The van der Waals surface area contributed by atoms with Crippen LogP contribution in [0.2, 0.25) is 0 Å². The number of carbonyl (C=O) groups is 1. The molecule has 0 aliphatic carbocycles. The van der Waals surface area contributed by atoms with Gasteiger partial charge in [-0.05, 0) is 12.1 Å². The summed E-state index contributed by atoms with van der Waals surface area (Å²) in [5.74, 6) is -0.731. The summed E-state index contributed by atoms with van der Waals surface area (Å²) in [5.41, 5.74) is -6.50. The van der Waals surface area contributed by atoms with E-state index in [0.717, 1.165) is 0 Å². The molecule has 27 heavy (non-hydrogen) atoms. The first-order valence-electron chi connectivity index (χ1n) is 7.79. The normalized spacial score (nSPS) is 26.1. The lowest BCUT2D eigenvalue weighted by Crippen LogP contribution is -2.48. The van der Waals surface area contributed by atoms with E-state index in [2.05, 4.69) is 0 Å². The average Bonchev–Trinajstić information content (AvgIpc) is 2.87. The molecule has 1 aliphatic rings. The summed E-state index contributed by atoms with van der Waals surface area (Å²) >= 11 is 0. The van der Waals surface area contributed by atoms with Gasteiger partial charge in [-0.1, -0.05) is 25.1 Å². The maximum absolute atomic E-state index is 12.3. The Labute approximate surface area is 153 Å². The topological polar surface area (TPSA) is 116 Å². The molecule has 0 radical (unpaired) electrons. The van der Waals surface area contributed by atoms with Gasteiger partial charge in [0.1, 0.15) is 0 Å². The summed E-state index contributed by atoms with van der Waals surface area (Å²) in [6.45, 7) is 0.0736. The van der Waals surface area contributed by atoms with Crippen molar-refractivity contribution < 1.29 is 41.4 Å². The SMILES string of the molecule is C[C@@]1(CN(O)C(=O)c2ccccc2)CO[C@H](CNS(=O)(=O)C(F)(F)F)[C@H]1O. The van der Waals surface area contributed by atoms with Gasteiger partial charge in [0.15, 0.2) is 0 Å². The van der Waals surface area contributed by atoms with Crippen LogP contribution in [0.25, 0.3) is 0 Å². The second kappa shape index (κ2) is 7.72. The van der Waals surface area contributed by atoms with Crippen LogP contribution in [-0.2, 0) is 14.8 Å². The average molecular weight is 412 g/mol. The Kier molecular flexibility index (Phi) is 6.16. The van der Waals surface area contributed by atoms with Crippen molar-refractivity contribution in [1.29, 1.82) is 0 Å². The molecule has 1 aromatic carbocycles. The van der Waals surface area contributed by atoms with Gasteiger partial charge in [0.05, 0.1) is 25.4 Å². The molecule has 1 saturated heterocycles. The summed E-state index contributed by atoms with van der Waals surface area (Å²) in [4.78, 5) is 12.2. The zero-order chi connectivity index (χ0) is 20.5. The number of sulfonamides is 1. The number of hydrogen-bond acceptors (Lipinski definition) is 6. The van der Waals surface area contributed by atoms with Gasteiger partial charge >= 0.3 is 15.5 Å². The first-order chi connectivity index (χ1) is 12.4. The lowest BCUT2D eigenvalue weighted by atomic mass is 9.84. The van der Waals surface area contributed by atoms with E-state index in [1.54, 1.807) is 18.2 Å². The Morgan fingerprint density at radius 3 is 2.52 bits per heavy atom. The minimum atomic E-state index is -5.57. The predicted octanol–water partition coefficient (Wildman–Crippen LogP) is 0.723. The van der Waals surface area contributed by atoms with Crippen LogP contribution in [0.3, 0.4) is 0 Å². The monoisotopic (exact) mass is 412 g/mol. The van der Waals surface area contributed by atoms with E-state index in [9.17, 15) is 36.7 Å². The van der Waals surface area contributed by atoms with Gasteiger partial charge in [0.2, 0.25) is 0 Å². The van der Waals surface area contributed by atoms with Gasteiger partial charge in [-0.2, -0.15) is 13.2 Å².